The van der Waals surface area contributed by atoms with E-state index in [-0.39, 0.29) is 0 Å². The average Bonchev–Trinajstić information content (AvgIpc) is 2.62. The van der Waals surface area contributed by atoms with E-state index in [1.807, 2.05) is 0 Å². The van der Waals surface area contributed by atoms with Crippen LogP contribution in [0.15, 0.2) is 0 Å². The SMILES string of the molecule is CC1CN(C(C)C)CC1NC1CCCOC1. The van der Waals surface area contributed by atoms with E-state index in [1.165, 1.54) is 25.9 Å². The lowest BCUT2D eigenvalue weighted by Crippen LogP contribution is -2.46. The predicted molar refractivity (Wildman–Crippen MR) is 66.6 cm³/mol. The van der Waals surface area contributed by atoms with E-state index >= 15 is 0 Å². The Bertz CT molecular complexity index is 214. The van der Waals surface area contributed by atoms with Crippen molar-refractivity contribution in [2.75, 3.05) is 26.3 Å². The highest BCUT2D eigenvalue weighted by Gasteiger charge is 2.32. The number of likely N-dealkylation sites (tertiary alicyclic amines) is 1. The van der Waals surface area contributed by atoms with Gasteiger partial charge in [0.2, 0.25) is 0 Å². The normalized spacial score (nSPS) is 37.1. The maximum absolute atomic E-state index is 5.53. The third-order valence-corrected chi connectivity index (χ3v) is 3.98. The zero-order valence-corrected chi connectivity index (χ0v) is 10.9. The summed E-state index contributed by atoms with van der Waals surface area (Å²) in [4.78, 5) is 2.58. The fourth-order valence-corrected chi connectivity index (χ4v) is 2.82. The van der Waals surface area contributed by atoms with Gasteiger partial charge in [0.15, 0.2) is 0 Å². The molecule has 2 aliphatic heterocycles. The van der Waals surface area contributed by atoms with Crippen molar-refractivity contribution < 1.29 is 4.74 Å². The molecule has 1 N–H and O–H groups in total. The molecule has 0 aromatic heterocycles. The number of hydrogen-bond acceptors (Lipinski definition) is 3. The maximum atomic E-state index is 5.53. The summed E-state index contributed by atoms with van der Waals surface area (Å²) in [6.07, 6.45) is 2.50. The van der Waals surface area contributed by atoms with Gasteiger partial charge in [-0.3, -0.25) is 4.90 Å². The lowest BCUT2D eigenvalue weighted by Gasteiger charge is -2.28. The average molecular weight is 226 g/mol. The fraction of sp³-hybridized carbons (Fsp3) is 1.00. The van der Waals surface area contributed by atoms with Crippen molar-refractivity contribution in [3.8, 4) is 0 Å². The van der Waals surface area contributed by atoms with Gasteiger partial charge >= 0.3 is 0 Å². The Hall–Kier alpha value is -0.120. The molecule has 3 unspecified atom stereocenters. The Kier molecular flexibility index (Phi) is 4.22. The quantitative estimate of drug-likeness (QED) is 0.789. The van der Waals surface area contributed by atoms with Crippen molar-refractivity contribution >= 4 is 0 Å². The maximum Gasteiger partial charge on any atom is 0.0619 e. The molecule has 3 nitrogen and oxygen atoms in total. The summed E-state index contributed by atoms with van der Waals surface area (Å²) in [5.41, 5.74) is 0. The van der Waals surface area contributed by atoms with Gasteiger partial charge in [-0.15, -0.1) is 0 Å². The number of hydrogen-bond donors (Lipinski definition) is 1. The monoisotopic (exact) mass is 226 g/mol. The lowest BCUT2D eigenvalue weighted by atomic mass is 10.0. The zero-order chi connectivity index (χ0) is 11.5. The van der Waals surface area contributed by atoms with Crippen molar-refractivity contribution in [1.29, 1.82) is 0 Å². The van der Waals surface area contributed by atoms with Crippen LogP contribution in [0.4, 0.5) is 0 Å². The van der Waals surface area contributed by atoms with Gasteiger partial charge in [-0.2, -0.15) is 0 Å². The molecule has 16 heavy (non-hydrogen) atoms. The first-order valence-electron chi connectivity index (χ1n) is 6.74. The highest BCUT2D eigenvalue weighted by atomic mass is 16.5. The van der Waals surface area contributed by atoms with E-state index in [2.05, 4.69) is 31.0 Å². The Morgan fingerprint density at radius 3 is 2.69 bits per heavy atom. The van der Waals surface area contributed by atoms with Crippen molar-refractivity contribution in [3.05, 3.63) is 0 Å². The molecule has 0 amide bonds. The van der Waals surface area contributed by atoms with Crippen LogP contribution in [0.25, 0.3) is 0 Å². The van der Waals surface area contributed by atoms with Gasteiger partial charge in [0, 0.05) is 37.8 Å². The summed E-state index contributed by atoms with van der Waals surface area (Å²) in [5, 5.41) is 3.79. The third kappa shape index (κ3) is 2.96. The van der Waals surface area contributed by atoms with Crippen LogP contribution < -0.4 is 5.32 Å². The zero-order valence-electron chi connectivity index (χ0n) is 10.9. The molecule has 2 saturated heterocycles. The van der Waals surface area contributed by atoms with Crippen molar-refractivity contribution in [2.24, 2.45) is 5.92 Å². The molecule has 3 heteroatoms. The molecule has 3 atom stereocenters. The van der Waals surface area contributed by atoms with E-state index in [1.54, 1.807) is 0 Å². The van der Waals surface area contributed by atoms with Gasteiger partial charge in [0.1, 0.15) is 0 Å². The molecule has 0 spiro atoms. The van der Waals surface area contributed by atoms with Crippen LogP contribution in [0.3, 0.4) is 0 Å². The van der Waals surface area contributed by atoms with Crippen molar-refractivity contribution in [3.63, 3.8) is 0 Å². The Labute approximate surface area is 99.5 Å². The van der Waals surface area contributed by atoms with E-state index in [4.69, 9.17) is 4.74 Å². The number of ether oxygens (including phenoxy) is 1. The second-order valence-corrected chi connectivity index (χ2v) is 5.71. The molecule has 0 aliphatic carbocycles. The second-order valence-electron chi connectivity index (χ2n) is 5.71. The van der Waals surface area contributed by atoms with Gasteiger partial charge in [0.25, 0.3) is 0 Å². The van der Waals surface area contributed by atoms with Crippen molar-refractivity contribution in [2.45, 2.75) is 51.7 Å². The number of nitrogens with one attached hydrogen (secondary N) is 1. The molecular formula is C13H26N2O. The lowest BCUT2D eigenvalue weighted by molar-refractivity contribution is 0.0650. The summed E-state index contributed by atoms with van der Waals surface area (Å²) < 4.78 is 5.53. The van der Waals surface area contributed by atoms with Gasteiger partial charge < -0.3 is 10.1 Å². The smallest absolute Gasteiger partial charge is 0.0619 e. The molecule has 2 fully saturated rings. The number of rotatable bonds is 3. The Morgan fingerprint density at radius 2 is 2.12 bits per heavy atom. The minimum absolute atomic E-state index is 0.591. The van der Waals surface area contributed by atoms with Crippen LogP contribution >= 0.6 is 0 Å². The molecule has 2 aliphatic rings. The molecule has 0 aromatic rings. The van der Waals surface area contributed by atoms with Crippen molar-refractivity contribution in [1.82, 2.24) is 10.2 Å². The first kappa shape index (κ1) is 12.3. The van der Waals surface area contributed by atoms with E-state index in [9.17, 15) is 0 Å². The van der Waals surface area contributed by atoms with E-state index in [0.717, 1.165) is 19.1 Å². The minimum Gasteiger partial charge on any atom is -0.380 e. The summed E-state index contributed by atoms with van der Waals surface area (Å²) >= 11 is 0. The molecule has 0 saturated carbocycles. The molecule has 0 aromatic carbocycles. The third-order valence-electron chi connectivity index (χ3n) is 3.98. The van der Waals surface area contributed by atoms with E-state index in [0.29, 0.717) is 18.1 Å². The van der Waals surface area contributed by atoms with Crippen LogP contribution in [-0.2, 0) is 4.74 Å². The van der Waals surface area contributed by atoms with Gasteiger partial charge in [0.05, 0.1) is 6.61 Å². The Morgan fingerprint density at radius 1 is 1.31 bits per heavy atom. The van der Waals surface area contributed by atoms with Crippen LogP contribution in [0.2, 0.25) is 0 Å². The summed E-state index contributed by atoms with van der Waals surface area (Å²) in [7, 11) is 0. The molecule has 2 rings (SSSR count). The highest BCUT2D eigenvalue weighted by Crippen LogP contribution is 2.20. The van der Waals surface area contributed by atoms with Crippen LogP contribution in [0.5, 0.6) is 0 Å². The molecular weight excluding hydrogens is 200 g/mol. The first-order valence-corrected chi connectivity index (χ1v) is 6.74. The van der Waals surface area contributed by atoms with Crippen LogP contribution in [-0.4, -0.2) is 49.3 Å². The summed E-state index contributed by atoms with van der Waals surface area (Å²) in [6.45, 7) is 11.3. The second kappa shape index (κ2) is 5.48. The Balaban J connectivity index is 1.80. The summed E-state index contributed by atoms with van der Waals surface area (Å²) in [6, 6.07) is 1.93. The highest BCUT2D eigenvalue weighted by molar-refractivity contribution is 4.90. The number of nitrogens with zero attached hydrogens (tertiary/aromatic N) is 1. The van der Waals surface area contributed by atoms with Gasteiger partial charge in [-0.25, -0.2) is 0 Å². The largest absolute Gasteiger partial charge is 0.380 e. The van der Waals surface area contributed by atoms with Crippen LogP contribution in [0.1, 0.15) is 33.6 Å². The minimum atomic E-state index is 0.591. The predicted octanol–water partition coefficient (Wildman–Crippen LogP) is 1.48. The molecule has 0 bridgehead atoms. The van der Waals surface area contributed by atoms with E-state index < -0.39 is 0 Å². The molecule has 94 valence electrons. The molecule has 0 radical (unpaired) electrons. The molecule has 2 heterocycles. The first-order chi connectivity index (χ1) is 7.66. The summed E-state index contributed by atoms with van der Waals surface area (Å²) in [5.74, 6) is 0.768. The van der Waals surface area contributed by atoms with Gasteiger partial charge in [-0.05, 0) is 32.6 Å². The van der Waals surface area contributed by atoms with Gasteiger partial charge in [-0.1, -0.05) is 6.92 Å². The fourth-order valence-electron chi connectivity index (χ4n) is 2.82. The standard InChI is InChI=1S/C13H26N2O/c1-10(2)15-7-11(3)13(8-15)14-12-5-4-6-16-9-12/h10-14H,4-9H2,1-3H3. The van der Waals surface area contributed by atoms with Crippen LogP contribution in [0, 0.1) is 5.92 Å². The topological polar surface area (TPSA) is 24.5 Å².